The number of likely N-dealkylation sites (N-methyl/N-ethyl adjacent to an activating group) is 1. The average molecular weight is 811 g/mol. The van der Waals surface area contributed by atoms with Crippen LogP contribution in [-0.2, 0) is 25.7 Å². The monoisotopic (exact) mass is 811 g/mol. The second-order valence-corrected chi connectivity index (χ2v) is 21.1. The molecule has 2 heterocycles. The van der Waals surface area contributed by atoms with Crippen molar-refractivity contribution in [1.82, 2.24) is 25.1 Å². The summed E-state index contributed by atoms with van der Waals surface area (Å²) in [7, 11) is 1.88. The fourth-order valence-electron chi connectivity index (χ4n) is 13.8. The molecule has 0 bridgehead atoms. The molecule has 2 aromatic heterocycles. The van der Waals surface area contributed by atoms with Crippen LogP contribution in [0.5, 0.6) is 0 Å². The molecular formula is C47H66N6O6. The van der Waals surface area contributed by atoms with E-state index in [0.29, 0.717) is 54.3 Å². The number of aliphatic hydroxyl groups excluding tert-OH is 1. The van der Waals surface area contributed by atoms with E-state index in [-0.39, 0.29) is 58.2 Å². The quantitative estimate of drug-likeness (QED) is 0.188. The number of rotatable bonds is 11. The summed E-state index contributed by atoms with van der Waals surface area (Å²) in [6.45, 7) is 20.5. The van der Waals surface area contributed by atoms with Gasteiger partial charge in [-0.2, -0.15) is 5.26 Å². The number of pyridine rings is 1. The number of hydrogen-bond acceptors (Lipinski definition) is 10. The molecule has 12 nitrogen and oxygen atoms in total. The van der Waals surface area contributed by atoms with Crippen molar-refractivity contribution in [3.8, 4) is 17.6 Å². The normalized spacial score (nSPS) is 34.3. The molecule has 3 N–H and O–H groups in total. The number of ketones is 1. The lowest BCUT2D eigenvalue weighted by Crippen LogP contribution is -2.66. The number of carboxylic acid groups (broad SMARTS) is 1. The number of carbonyl (C=O) groups is 3. The van der Waals surface area contributed by atoms with Gasteiger partial charge >= 0.3 is 11.9 Å². The van der Waals surface area contributed by atoms with Gasteiger partial charge in [0.1, 0.15) is 24.0 Å². The molecule has 4 saturated carbocycles. The minimum atomic E-state index is -1.19. The van der Waals surface area contributed by atoms with Crippen LogP contribution in [-0.4, -0.2) is 67.4 Å². The highest BCUT2D eigenvalue weighted by Gasteiger charge is 2.71. The molecule has 0 radical (unpaired) electrons. The highest BCUT2D eigenvalue weighted by Crippen LogP contribution is 2.77. The minimum Gasteiger partial charge on any atom is -0.481 e. The van der Waals surface area contributed by atoms with E-state index < -0.39 is 28.9 Å². The third-order valence-corrected chi connectivity index (χ3v) is 17.1. The number of hydrogen-bond donors (Lipinski definition) is 3. The molecule has 0 unspecified atom stereocenters. The van der Waals surface area contributed by atoms with Gasteiger partial charge in [0.2, 0.25) is 0 Å². The molecule has 59 heavy (non-hydrogen) atoms. The molecule has 0 spiro atoms. The number of fused-ring (bicyclic) bond motifs is 7. The topological polar surface area (TPSA) is 180 Å². The van der Waals surface area contributed by atoms with E-state index in [0.717, 1.165) is 56.1 Å². The highest BCUT2D eigenvalue weighted by molar-refractivity contribution is 6.00. The predicted molar refractivity (Wildman–Crippen MR) is 222 cm³/mol. The van der Waals surface area contributed by atoms with Crippen molar-refractivity contribution in [2.75, 3.05) is 13.6 Å². The van der Waals surface area contributed by atoms with E-state index in [4.69, 9.17) is 4.74 Å². The zero-order valence-corrected chi connectivity index (χ0v) is 36.9. The highest BCUT2D eigenvalue weighted by atomic mass is 16.5. The van der Waals surface area contributed by atoms with E-state index in [1.54, 1.807) is 26.0 Å². The van der Waals surface area contributed by atoms with Gasteiger partial charge in [0.25, 0.3) is 0 Å². The van der Waals surface area contributed by atoms with E-state index in [9.17, 15) is 29.9 Å². The van der Waals surface area contributed by atoms with Crippen LogP contribution in [0.15, 0.2) is 29.5 Å². The number of aliphatic hydroxyl groups is 1. The Kier molecular flexibility index (Phi) is 10.9. The lowest BCUT2D eigenvalue weighted by atomic mass is 9.33. The summed E-state index contributed by atoms with van der Waals surface area (Å²) in [5.74, 6) is 0.513. The van der Waals surface area contributed by atoms with Gasteiger partial charge in [0, 0.05) is 36.5 Å². The van der Waals surface area contributed by atoms with Crippen LogP contribution in [0.3, 0.4) is 0 Å². The summed E-state index contributed by atoms with van der Waals surface area (Å²) in [5, 5.41) is 44.4. The third kappa shape index (κ3) is 6.50. The maximum absolute atomic E-state index is 14.4. The summed E-state index contributed by atoms with van der Waals surface area (Å²) in [4.78, 5) is 43.9. The van der Waals surface area contributed by atoms with Crippen LogP contribution in [0.4, 0.5) is 0 Å². The summed E-state index contributed by atoms with van der Waals surface area (Å²) >= 11 is 0. The van der Waals surface area contributed by atoms with Gasteiger partial charge in [-0.05, 0) is 135 Å². The maximum Gasteiger partial charge on any atom is 0.309 e. The smallest absolute Gasteiger partial charge is 0.309 e. The predicted octanol–water partition coefficient (Wildman–Crippen LogP) is 7.86. The molecule has 5 aliphatic rings. The number of aliphatic carboxylic acids is 1. The van der Waals surface area contributed by atoms with Gasteiger partial charge in [0.05, 0.1) is 17.4 Å². The first-order chi connectivity index (χ1) is 27.6. The van der Waals surface area contributed by atoms with Gasteiger partial charge in [0.15, 0.2) is 17.4 Å². The fourth-order valence-corrected chi connectivity index (χ4v) is 13.8. The number of Topliss-reactive ketones (excluding diaryl/α,β-unsaturated/α-hetero) is 1. The number of nitrogens with zero attached hydrogens (tertiary/aromatic N) is 5. The summed E-state index contributed by atoms with van der Waals surface area (Å²) < 4.78 is 8.13. The molecule has 9 atom stereocenters. The Bertz CT molecular complexity index is 2080. The van der Waals surface area contributed by atoms with E-state index >= 15 is 0 Å². The van der Waals surface area contributed by atoms with E-state index in [1.807, 2.05) is 11.6 Å². The molecule has 4 fully saturated rings. The standard InChI is InChI=1S/C47H66N6O6/c1-27(2)36-31(54)23-47(38(56)40-52-51-39(53(40)22-21-49-10)30-13-11-28(25-48)26-50-30)20-19-45(8)29(37(36)47)12-14-33-44(7)17-16-34(59-35(55)24-42(3,4)41(57)58)43(5,6)32(44)15-18-46(33,45)9/h11,13,26-27,29,32-34,38,49,56H,12,14-24H2,1-10H3,(H,57,58)/t29-,32+,33-,34+,38-,44+,45-,46-,47-/m1/s1. The molecule has 0 aliphatic heterocycles. The van der Waals surface area contributed by atoms with Gasteiger partial charge in [-0.15, -0.1) is 10.2 Å². The van der Waals surface area contributed by atoms with E-state index in [2.05, 4.69) is 75.0 Å². The third-order valence-electron chi connectivity index (χ3n) is 17.1. The Balaban J connectivity index is 1.22. The van der Waals surface area contributed by atoms with Crippen molar-refractivity contribution in [1.29, 1.82) is 5.26 Å². The Hall–Kier alpha value is -3.95. The van der Waals surface area contributed by atoms with Crippen molar-refractivity contribution in [2.45, 2.75) is 145 Å². The molecule has 0 amide bonds. The van der Waals surface area contributed by atoms with Gasteiger partial charge < -0.3 is 24.8 Å². The molecule has 5 aliphatic carbocycles. The average Bonchev–Trinajstić information content (AvgIpc) is 3.73. The van der Waals surface area contributed by atoms with Crippen LogP contribution >= 0.6 is 0 Å². The molecule has 7 rings (SSSR count). The zero-order chi connectivity index (χ0) is 43.1. The lowest BCUT2D eigenvalue weighted by molar-refractivity contribution is -0.235. The Morgan fingerprint density at radius 1 is 1.02 bits per heavy atom. The first kappa shape index (κ1) is 43.1. The van der Waals surface area contributed by atoms with E-state index in [1.165, 1.54) is 6.20 Å². The van der Waals surface area contributed by atoms with Crippen LogP contribution in [0.2, 0.25) is 0 Å². The second kappa shape index (κ2) is 14.9. The molecular weight excluding hydrogens is 745 g/mol. The summed E-state index contributed by atoms with van der Waals surface area (Å²) in [6.07, 6.45) is 7.46. The minimum absolute atomic E-state index is 0.00212. The fraction of sp³-hybridized carbons (Fsp3) is 0.723. The first-order valence-corrected chi connectivity index (χ1v) is 22.0. The second-order valence-electron chi connectivity index (χ2n) is 21.1. The van der Waals surface area contributed by atoms with Gasteiger partial charge in [-0.3, -0.25) is 19.4 Å². The molecule has 320 valence electrons. The Morgan fingerprint density at radius 2 is 1.75 bits per heavy atom. The van der Waals surface area contributed by atoms with Crippen LogP contribution in [0.25, 0.3) is 11.5 Å². The van der Waals surface area contributed by atoms with Crippen molar-refractivity contribution >= 4 is 17.7 Å². The number of allylic oxidation sites excluding steroid dienone is 1. The number of carboxylic acids is 1. The summed E-state index contributed by atoms with van der Waals surface area (Å²) in [5.41, 5.74) is 0.624. The van der Waals surface area contributed by atoms with Crippen molar-refractivity contribution in [3.05, 3.63) is 40.9 Å². The van der Waals surface area contributed by atoms with Crippen molar-refractivity contribution in [2.24, 2.45) is 56.2 Å². The van der Waals surface area contributed by atoms with Crippen LogP contribution in [0, 0.1) is 67.5 Å². The number of nitriles is 1. The van der Waals surface area contributed by atoms with Crippen LogP contribution in [0.1, 0.15) is 144 Å². The van der Waals surface area contributed by atoms with Crippen molar-refractivity contribution in [3.63, 3.8) is 0 Å². The number of ether oxygens (including phenoxy) is 1. The van der Waals surface area contributed by atoms with Gasteiger partial charge in [-0.1, -0.05) is 48.5 Å². The molecule has 12 heteroatoms. The zero-order valence-electron chi connectivity index (χ0n) is 36.9. The number of nitrogens with one attached hydrogen (secondary N) is 1. The van der Waals surface area contributed by atoms with Crippen LogP contribution < -0.4 is 5.32 Å². The summed E-state index contributed by atoms with van der Waals surface area (Å²) in [6, 6.07) is 5.59. The molecule has 2 aromatic rings. The van der Waals surface area contributed by atoms with Gasteiger partial charge in [-0.25, -0.2) is 0 Å². The lowest BCUT2D eigenvalue weighted by Gasteiger charge is -2.72. The molecule has 0 aromatic carbocycles. The number of esters is 1. The molecule has 0 saturated heterocycles. The Morgan fingerprint density at radius 3 is 2.37 bits per heavy atom. The Labute approximate surface area is 350 Å². The first-order valence-electron chi connectivity index (χ1n) is 22.0. The largest absolute Gasteiger partial charge is 0.481 e. The number of carbonyl (C=O) groups excluding carboxylic acids is 2. The SMILES string of the molecule is CNCCn1c(-c2ccc(C#N)cn2)nnc1[C@@H](O)[C@@]12CC[C@]3(C)[C@H](CC[C@@H]4[C@@]5(C)CC[C@H](OC(=O)CC(C)(C)C(=O)O)C(C)(C)[C@@H]5CC[C@]43C)C1=C(C(C)C)C(=O)C2. The van der Waals surface area contributed by atoms with Crippen molar-refractivity contribution < 1.29 is 29.3 Å². The number of aromatic nitrogens is 4. The maximum atomic E-state index is 14.4.